The lowest BCUT2D eigenvalue weighted by Crippen LogP contribution is -2.54. The highest BCUT2D eigenvalue weighted by Gasteiger charge is 2.45. The summed E-state index contributed by atoms with van der Waals surface area (Å²) in [5.41, 5.74) is 0.978. The number of hydrogen-bond acceptors (Lipinski definition) is 8. The van der Waals surface area contributed by atoms with Crippen LogP contribution in [0.1, 0.15) is 33.6 Å². The van der Waals surface area contributed by atoms with Gasteiger partial charge >= 0.3 is 0 Å². The first-order valence-electron chi connectivity index (χ1n) is 11.1. The van der Waals surface area contributed by atoms with E-state index in [4.69, 9.17) is 13.9 Å². The van der Waals surface area contributed by atoms with Crippen molar-refractivity contribution in [2.45, 2.75) is 38.5 Å². The van der Waals surface area contributed by atoms with E-state index in [2.05, 4.69) is 30.3 Å². The van der Waals surface area contributed by atoms with Crippen LogP contribution >= 0.6 is 0 Å². The molecule has 0 saturated carbocycles. The Hall–Kier alpha value is -2.60. The number of imide groups is 2. The van der Waals surface area contributed by atoms with Gasteiger partial charge in [-0.2, -0.15) is 0 Å². The first-order valence-corrected chi connectivity index (χ1v) is 14.5. The van der Waals surface area contributed by atoms with Gasteiger partial charge in [-0.25, -0.2) is 0 Å². The predicted molar refractivity (Wildman–Crippen MR) is 123 cm³/mol. The second-order valence-corrected chi connectivity index (χ2v) is 13.3. The molecule has 33 heavy (non-hydrogen) atoms. The van der Waals surface area contributed by atoms with Gasteiger partial charge in [0.25, 0.3) is 11.8 Å². The van der Waals surface area contributed by atoms with E-state index >= 15 is 0 Å². The fourth-order valence-corrected chi connectivity index (χ4v) is 4.34. The smallest absolute Gasteiger partial charge is 0.264 e. The standard InChI is InChI=1S/C22H31N3O7Si/c1-33(2,3)32-14-13-31-12-11-30-10-9-23-16-6-4-5-15-19(16)22(29)25(21(15)28)17-7-8-18(26)24-20(17)27/h4-6,17,23H,7-14H2,1-3H3,(H,24,26,27). The minimum Gasteiger partial charge on any atom is -0.415 e. The SMILES string of the molecule is C[Si](C)(C)OCCOCCOCCNc1cccc2c1C(=O)N(C1CCC(=O)NC1=O)C2=O. The van der Waals surface area contributed by atoms with Gasteiger partial charge in [-0.15, -0.1) is 0 Å². The van der Waals surface area contributed by atoms with Crippen molar-refractivity contribution in [1.82, 2.24) is 10.2 Å². The quantitative estimate of drug-likeness (QED) is 0.263. The van der Waals surface area contributed by atoms with Crippen LogP contribution in [-0.4, -0.2) is 82.5 Å². The molecule has 2 N–H and O–H groups in total. The lowest BCUT2D eigenvalue weighted by atomic mass is 10.0. The average molecular weight is 478 g/mol. The summed E-state index contributed by atoms with van der Waals surface area (Å²) in [6.07, 6.45) is 0.209. The summed E-state index contributed by atoms with van der Waals surface area (Å²) in [6, 6.07) is 3.96. The monoisotopic (exact) mass is 477 g/mol. The molecule has 0 aliphatic carbocycles. The Bertz CT molecular complexity index is 916. The Balaban J connectivity index is 1.45. The van der Waals surface area contributed by atoms with Crippen molar-refractivity contribution in [1.29, 1.82) is 0 Å². The third-order valence-corrected chi connectivity index (χ3v) is 6.23. The zero-order chi connectivity index (χ0) is 24.0. The topological polar surface area (TPSA) is 123 Å². The number of ether oxygens (including phenoxy) is 2. The molecule has 0 aromatic heterocycles. The second kappa shape index (κ2) is 11.0. The maximum Gasteiger partial charge on any atom is 0.264 e. The van der Waals surface area contributed by atoms with Crippen molar-refractivity contribution in [3.63, 3.8) is 0 Å². The predicted octanol–water partition coefficient (Wildman–Crippen LogP) is 1.38. The first-order chi connectivity index (χ1) is 15.7. The molecular formula is C22H31N3O7Si. The third kappa shape index (κ3) is 6.47. The number of nitrogens with zero attached hydrogens (tertiary/aromatic N) is 1. The van der Waals surface area contributed by atoms with Gasteiger partial charge in [-0.3, -0.25) is 29.4 Å². The Morgan fingerprint density at radius 2 is 1.70 bits per heavy atom. The van der Waals surface area contributed by atoms with Gasteiger partial charge in [-0.1, -0.05) is 6.07 Å². The van der Waals surface area contributed by atoms with Crippen LogP contribution in [0.25, 0.3) is 0 Å². The molecule has 2 heterocycles. The van der Waals surface area contributed by atoms with Crippen LogP contribution in [0.2, 0.25) is 19.6 Å². The van der Waals surface area contributed by atoms with E-state index in [-0.39, 0.29) is 24.0 Å². The van der Waals surface area contributed by atoms with E-state index in [0.717, 1.165) is 4.90 Å². The molecule has 10 nitrogen and oxygen atoms in total. The number of fused-ring (bicyclic) bond motifs is 1. The lowest BCUT2D eigenvalue weighted by molar-refractivity contribution is -0.136. The number of nitrogens with one attached hydrogen (secondary N) is 2. The molecule has 0 bridgehead atoms. The zero-order valence-electron chi connectivity index (χ0n) is 19.3. The largest absolute Gasteiger partial charge is 0.415 e. The van der Waals surface area contributed by atoms with Crippen LogP contribution in [0.3, 0.4) is 0 Å². The molecule has 1 fully saturated rings. The molecule has 1 atom stereocenters. The van der Waals surface area contributed by atoms with E-state index in [9.17, 15) is 19.2 Å². The Kier molecular flexibility index (Phi) is 8.35. The summed E-state index contributed by atoms with van der Waals surface area (Å²) in [5.74, 6) is -2.10. The van der Waals surface area contributed by atoms with Crippen LogP contribution in [0.4, 0.5) is 5.69 Å². The molecule has 0 spiro atoms. The number of benzene rings is 1. The van der Waals surface area contributed by atoms with Crippen LogP contribution in [0.15, 0.2) is 18.2 Å². The van der Waals surface area contributed by atoms with Crippen LogP contribution in [0, 0.1) is 0 Å². The Morgan fingerprint density at radius 1 is 1.00 bits per heavy atom. The van der Waals surface area contributed by atoms with Gasteiger partial charge in [0.15, 0.2) is 8.32 Å². The summed E-state index contributed by atoms with van der Waals surface area (Å²) < 4.78 is 16.7. The highest BCUT2D eigenvalue weighted by Crippen LogP contribution is 2.32. The molecule has 1 unspecified atom stereocenters. The molecule has 0 radical (unpaired) electrons. The summed E-state index contributed by atoms with van der Waals surface area (Å²) in [6.45, 7) is 9.20. The normalized spacial score (nSPS) is 18.5. The van der Waals surface area contributed by atoms with Gasteiger partial charge in [0.2, 0.25) is 11.8 Å². The molecule has 180 valence electrons. The van der Waals surface area contributed by atoms with E-state index in [1.54, 1.807) is 18.2 Å². The van der Waals surface area contributed by atoms with Crippen molar-refractivity contribution in [2.24, 2.45) is 0 Å². The summed E-state index contributed by atoms with van der Waals surface area (Å²) in [5, 5.41) is 5.32. The second-order valence-electron chi connectivity index (χ2n) is 8.79. The van der Waals surface area contributed by atoms with Crippen LogP contribution in [0.5, 0.6) is 0 Å². The molecule has 1 aromatic carbocycles. The van der Waals surface area contributed by atoms with Gasteiger partial charge in [0, 0.05) is 18.7 Å². The molecule has 4 amide bonds. The number of carbonyl (C=O) groups excluding carboxylic acids is 4. The number of carbonyl (C=O) groups is 4. The zero-order valence-corrected chi connectivity index (χ0v) is 20.3. The van der Waals surface area contributed by atoms with E-state index < -0.39 is 38.0 Å². The Morgan fingerprint density at radius 3 is 2.39 bits per heavy atom. The summed E-state index contributed by atoms with van der Waals surface area (Å²) >= 11 is 0. The minimum atomic E-state index is -1.51. The first kappa shape index (κ1) is 25.0. The number of anilines is 1. The number of piperidine rings is 1. The van der Waals surface area contributed by atoms with Crippen molar-refractivity contribution in [2.75, 3.05) is 44.9 Å². The molecule has 1 saturated heterocycles. The highest BCUT2D eigenvalue weighted by atomic mass is 28.4. The van der Waals surface area contributed by atoms with Gasteiger partial charge in [-0.05, 0) is 38.2 Å². The molecular weight excluding hydrogens is 446 g/mol. The highest BCUT2D eigenvalue weighted by molar-refractivity contribution is 6.69. The van der Waals surface area contributed by atoms with Gasteiger partial charge in [0.1, 0.15) is 6.04 Å². The van der Waals surface area contributed by atoms with Crippen LogP contribution < -0.4 is 10.6 Å². The maximum absolute atomic E-state index is 13.0. The molecule has 2 aliphatic rings. The van der Waals surface area contributed by atoms with E-state index in [1.165, 1.54) is 0 Å². The number of amides is 4. The average Bonchev–Trinajstić information content (AvgIpc) is 3.00. The van der Waals surface area contributed by atoms with Crippen LogP contribution in [-0.2, 0) is 23.5 Å². The maximum atomic E-state index is 13.0. The lowest BCUT2D eigenvalue weighted by Gasteiger charge is -2.27. The fourth-order valence-electron chi connectivity index (χ4n) is 3.65. The number of rotatable bonds is 12. The third-order valence-electron chi connectivity index (χ3n) is 5.16. The van der Waals surface area contributed by atoms with E-state index in [1.807, 2.05) is 0 Å². The van der Waals surface area contributed by atoms with Crippen molar-refractivity contribution >= 4 is 37.6 Å². The Labute approximate surface area is 194 Å². The van der Waals surface area contributed by atoms with Gasteiger partial charge < -0.3 is 19.2 Å². The molecule has 3 rings (SSSR count). The van der Waals surface area contributed by atoms with Crippen molar-refractivity contribution < 1.29 is 33.1 Å². The summed E-state index contributed by atoms with van der Waals surface area (Å²) in [4.78, 5) is 50.4. The minimum absolute atomic E-state index is 0.0846. The van der Waals surface area contributed by atoms with Crippen molar-refractivity contribution in [3.05, 3.63) is 29.3 Å². The van der Waals surface area contributed by atoms with Crippen molar-refractivity contribution in [3.8, 4) is 0 Å². The van der Waals surface area contributed by atoms with Gasteiger partial charge in [0.05, 0.1) is 44.2 Å². The number of hydrogen-bond donors (Lipinski definition) is 2. The summed E-state index contributed by atoms with van der Waals surface area (Å²) in [7, 11) is -1.51. The molecule has 1 aromatic rings. The fraction of sp³-hybridized carbons (Fsp3) is 0.545. The molecule has 2 aliphatic heterocycles. The van der Waals surface area contributed by atoms with E-state index in [0.29, 0.717) is 45.3 Å². The molecule has 11 heteroatoms.